The summed E-state index contributed by atoms with van der Waals surface area (Å²) in [5.74, 6) is 6.21. The summed E-state index contributed by atoms with van der Waals surface area (Å²) in [4.78, 5) is 16.1. The van der Waals surface area contributed by atoms with Crippen molar-refractivity contribution >= 4 is 11.8 Å². The minimum absolute atomic E-state index is 0.405. The van der Waals surface area contributed by atoms with Crippen molar-refractivity contribution in [3.8, 4) is 5.88 Å². The maximum absolute atomic E-state index is 12.0. The summed E-state index contributed by atoms with van der Waals surface area (Å²) >= 11 is 0. The Morgan fingerprint density at radius 2 is 1.92 bits per heavy atom. The van der Waals surface area contributed by atoms with Crippen LogP contribution in [0.2, 0.25) is 0 Å². The number of anilines is 1. The first-order chi connectivity index (χ1) is 11.3. The Kier molecular flexibility index (Phi) is 5.76. The van der Waals surface area contributed by atoms with E-state index in [1.54, 1.807) is 32.9 Å². The van der Waals surface area contributed by atoms with E-state index in [1.165, 1.54) is 11.8 Å². The molecular weight excluding hydrogens is 306 g/mol. The van der Waals surface area contributed by atoms with Crippen LogP contribution in [-0.4, -0.2) is 23.3 Å². The second-order valence-corrected chi connectivity index (χ2v) is 6.29. The van der Waals surface area contributed by atoms with Gasteiger partial charge < -0.3 is 9.47 Å². The number of rotatable bonds is 5. The van der Waals surface area contributed by atoms with Gasteiger partial charge in [-0.15, -0.1) is 0 Å². The van der Waals surface area contributed by atoms with Crippen LogP contribution in [-0.2, 0) is 11.2 Å². The van der Waals surface area contributed by atoms with Crippen molar-refractivity contribution in [2.45, 2.75) is 32.8 Å². The van der Waals surface area contributed by atoms with Crippen molar-refractivity contribution < 1.29 is 14.3 Å². The molecule has 0 atom stereocenters. The molecule has 2 N–H and O–H groups in total. The maximum atomic E-state index is 12.0. The minimum Gasteiger partial charge on any atom is -0.477 e. The lowest BCUT2D eigenvalue weighted by Gasteiger charge is -2.24. The number of amides is 1. The van der Waals surface area contributed by atoms with Crippen molar-refractivity contribution in [3.05, 3.63) is 54.2 Å². The fraction of sp³-hybridized carbons (Fsp3) is 0.333. The quantitative estimate of drug-likeness (QED) is 0.517. The number of carbonyl (C=O) groups is 1. The lowest BCUT2D eigenvalue weighted by Crippen LogP contribution is -2.41. The van der Waals surface area contributed by atoms with Crippen molar-refractivity contribution in [1.82, 2.24) is 4.98 Å². The van der Waals surface area contributed by atoms with Crippen LogP contribution in [0.5, 0.6) is 5.88 Å². The highest BCUT2D eigenvalue weighted by atomic mass is 16.6. The minimum atomic E-state index is -0.635. The second-order valence-electron chi connectivity index (χ2n) is 6.29. The summed E-state index contributed by atoms with van der Waals surface area (Å²) in [5, 5.41) is 0.941. The fourth-order valence-electron chi connectivity index (χ4n) is 1.96. The molecule has 24 heavy (non-hydrogen) atoms. The predicted molar refractivity (Wildman–Crippen MR) is 92.8 cm³/mol. The number of hydrazine groups is 1. The number of ether oxygens (including phenoxy) is 2. The smallest absolute Gasteiger partial charge is 0.429 e. The lowest BCUT2D eigenvalue weighted by atomic mass is 10.2. The van der Waals surface area contributed by atoms with Crippen LogP contribution in [0, 0.1) is 0 Å². The van der Waals surface area contributed by atoms with E-state index in [1.807, 2.05) is 30.3 Å². The van der Waals surface area contributed by atoms with Crippen molar-refractivity contribution in [2.75, 3.05) is 11.6 Å². The van der Waals surface area contributed by atoms with Gasteiger partial charge in [-0.1, -0.05) is 30.3 Å². The maximum Gasteiger partial charge on any atom is 0.429 e. The number of pyridine rings is 1. The van der Waals surface area contributed by atoms with Gasteiger partial charge in [-0.05, 0) is 32.4 Å². The zero-order valence-electron chi connectivity index (χ0n) is 14.2. The number of hydrogen-bond acceptors (Lipinski definition) is 5. The van der Waals surface area contributed by atoms with E-state index in [0.29, 0.717) is 18.2 Å². The Morgan fingerprint density at radius 1 is 1.21 bits per heavy atom. The van der Waals surface area contributed by atoms with E-state index < -0.39 is 11.7 Å². The molecule has 0 bridgehead atoms. The number of aromatic nitrogens is 1. The third-order valence-electron chi connectivity index (χ3n) is 3.07. The van der Waals surface area contributed by atoms with Gasteiger partial charge >= 0.3 is 6.09 Å². The van der Waals surface area contributed by atoms with Crippen LogP contribution in [0.4, 0.5) is 10.5 Å². The molecule has 1 aromatic heterocycles. The summed E-state index contributed by atoms with van der Waals surface area (Å²) < 4.78 is 10.9. The zero-order valence-corrected chi connectivity index (χ0v) is 14.2. The van der Waals surface area contributed by atoms with Gasteiger partial charge in [0.25, 0.3) is 0 Å². The lowest BCUT2D eigenvalue weighted by molar-refractivity contribution is 0.0580. The molecule has 2 aromatic rings. The molecule has 6 nitrogen and oxygen atoms in total. The molecular formula is C18H23N3O3. The Bertz CT molecular complexity index is 669. The van der Waals surface area contributed by atoms with E-state index in [-0.39, 0.29) is 0 Å². The van der Waals surface area contributed by atoms with E-state index in [0.717, 1.165) is 11.4 Å². The molecule has 6 heteroatoms. The number of nitrogens with zero attached hydrogens (tertiary/aromatic N) is 2. The van der Waals surface area contributed by atoms with Crippen LogP contribution >= 0.6 is 0 Å². The first kappa shape index (κ1) is 17.7. The molecule has 0 saturated heterocycles. The van der Waals surface area contributed by atoms with Gasteiger partial charge in [-0.25, -0.2) is 20.6 Å². The van der Waals surface area contributed by atoms with Gasteiger partial charge in [0.05, 0.1) is 12.3 Å². The molecule has 128 valence electrons. The third kappa shape index (κ3) is 5.55. The highest BCUT2D eigenvalue weighted by molar-refractivity contribution is 5.86. The Hall–Kier alpha value is -2.60. The molecule has 1 aromatic carbocycles. The number of nitrogens with two attached hydrogens (primary N) is 1. The number of carbonyl (C=O) groups excluding carboxylic acids is 1. The first-order valence-electron chi connectivity index (χ1n) is 7.76. The van der Waals surface area contributed by atoms with E-state index in [9.17, 15) is 4.79 Å². The molecule has 0 fully saturated rings. The molecule has 0 unspecified atom stereocenters. The van der Waals surface area contributed by atoms with Crippen LogP contribution in [0.3, 0.4) is 0 Å². The molecule has 0 saturated carbocycles. The monoisotopic (exact) mass is 329 g/mol. The fourth-order valence-corrected chi connectivity index (χ4v) is 1.96. The van der Waals surface area contributed by atoms with Gasteiger partial charge in [0.15, 0.2) is 0 Å². The van der Waals surface area contributed by atoms with Crippen LogP contribution in [0.15, 0.2) is 48.7 Å². The van der Waals surface area contributed by atoms with E-state index in [4.69, 9.17) is 15.3 Å². The molecule has 0 radical (unpaired) electrons. The van der Waals surface area contributed by atoms with Crippen molar-refractivity contribution in [1.29, 1.82) is 0 Å². The standard InChI is InChI=1S/C18H23N3O3/c1-18(2,3)24-17(22)21(19)15-9-11-20-16(13-15)23-12-10-14-7-5-4-6-8-14/h4-9,11,13H,10,12,19H2,1-3H3. The van der Waals surface area contributed by atoms with E-state index in [2.05, 4.69) is 4.98 Å². The Morgan fingerprint density at radius 3 is 2.58 bits per heavy atom. The van der Waals surface area contributed by atoms with Crippen molar-refractivity contribution in [2.24, 2.45) is 5.84 Å². The zero-order chi connectivity index (χ0) is 17.6. The van der Waals surface area contributed by atoms with Crippen LogP contribution < -0.4 is 15.6 Å². The number of benzene rings is 1. The van der Waals surface area contributed by atoms with Gasteiger partial charge in [0.2, 0.25) is 5.88 Å². The summed E-state index contributed by atoms with van der Waals surface area (Å²) in [7, 11) is 0. The van der Waals surface area contributed by atoms with E-state index >= 15 is 0 Å². The average Bonchev–Trinajstić information content (AvgIpc) is 2.54. The summed E-state index contributed by atoms with van der Waals surface area (Å²) in [6.45, 7) is 5.83. The van der Waals surface area contributed by atoms with Gasteiger partial charge in [-0.2, -0.15) is 0 Å². The first-order valence-corrected chi connectivity index (χ1v) is 7.76. The predicted octanol–water partition coefficient (Wildman–Crippen LogP) is 3.32. The molecule has 0 aliphatic rings. The molecule has 0 aliphatic carbocycles. The molecule has 1 heterocycles. The summed E-state index contributed by atoms with van der Waals surface area (Å²) in [6, 6.07) is 13.3. The average molecular weight is 329 g/mol. The summed E-state index contributed by atoms with van der Waals surface area (Å²) in [5.41, 5.74) is 1.02. The topological polar surface area (TPSA) is 77.7 Å². The molecule has 0 spiro atoms. The molecule has 0 aliphatic heterocycles. The third-order valence-corrected chi connectivity index (χ3v) is 3.07. The highest BCUT2D eigenvalue weighted by Crippen LogP contribution is 2.19. The normalized spacial score (nSPS) is 11.0. The van der Waals surface area contributed by atoms with Crippen LogP contribution in [0.1, 0.15) is 26.3 Å². The van der Waals surface area contributed by atoms with Gasteiger partial charge in [0, 0.05) is 18.7 Å². The molecule has 2 rings (SSSR count). The second kappa shape index (κ2) is 7.79. The highest BCUT2D eigenvalue weighted by Gasteiger charge is 2.21. The Labute approximate surface area is 142 Å². The largest absolute Gasteiger partial charge is 0.477 e. The van der Waals surface area contributed by atoms with Gasteiger partial charge in [0.1, 0.15) is 5.60 Å². The van der Waals surface area contributed by atoms with Crippen LogP contribution in [0.25, 0.3) is 0 Å². The Balaban J connectivity index is 1.94. The SMILES string of the molecule is CC(C)(C)OC(=O)N(N)c1ccnc(OCCc2ccccc2)c1. The van der Waals surface area contributed by atoms with Crippen molar-refractivity contribution in [3.63, 3.8) is 0 Å². The molecule has 1 amide bonds. The van der Waals surface area contributed by atoms with Gasteiger partial charge in [-0.3, -0.25) is 0 Å². The summed E-state index contributed by atoms with van der Waals surface area (Å²) in [6.07, 6.45) is 1.67. The number of hydrogen-bond donors (Lipinski definition) is 1.